The molecule has 0 aliphatic heterocycles. The third-order valence-electron chi connectivity index (χ3n) is 3.13. The fourth-order valence-corrected chi connectivity index (χ4v) is 3.05. The molecular weight excluding hydrogens is 314 g/mol. The summed E-state index contributed by atoms with van der Waals surface area (Å²) in [5.74, 6) is 0.548. The summed E-state index contributed by atoms with van der Waals surface area (Å²) in [6.07, 6.45) is 2.48. The molecular formula is C16H15N3O3S. The number of hydrogen-bond donors (Lipinski definition) is 2. The van der Waals surface area contributed by atoms with E-state index in [0.29, 0.717) is 23.7 Å². The van der Waals surface area contributed by atoms with Crippen molar-refractivity contribution < 1.29 is 14.0 Å². The van der Waals surface area contributed by atoms with E-state index in [0.717, 1.165) is 16.0 Å². The maximum Gasteiger partial charge on any atom is 0.226 e. The maximum atomic E-state index is 12.0. The van der Waals surface area contributed by atoms with Gasteiger partial charge in [-0.15, -0.1) is 0 Å². The lowest BCUT2D eigenvalue weighted by Crippen LogP contribution is -2.11. The average molecular weight is 329 g/mol. The van der Waals surface area contributed by atoms with Gasteiger partial charge in [0.15, 0.2) is 5.13 Å². The highest BCUT2D eigenvalue weighted by molar-refractivity contribution is 7.22. The molecule has 0 atom stereocenters. The van der Waals surface area contributed by atoms with Crippen molar-refractivity contribution in [3.05, 3.63) is 42.4 Å². The number of aryl methyl sites for hydroxylation is 1. The molecule has 0 bridgehead atoms. The molecule has 7 heteroatoms. The third-order valence-corrected chi connectivity index (χ3v) is 4.07. The lowest BCUT2D eigenvalue weighted by Gasteiger charge is -1.99. The number of furan rings is 1. The number of hydrogen-bond acceptors (Lipinski definition) is 5. The summed E-state index contributed by atoms with van der Waals surface area (Å²) in [4.78, 5) is 27.4. The first kappa shape index (κ1) is 15.2. The largest absolute Gasteiger partial charge is 0.469 e. The molecule has 0 saturated carbocycles. The molecule has 0 unspecified atom stereocenters. The topological polar surface area (TPSA) is 84.2 Å². The number of carbonyl (C=O) groups excluding carboxylic acids is 2. The Bertz CT molecular complexity index is 840. The molecule has 2 aromatic heterocycles. The Morgan fingerprint density at radius 2 is 2.13 bits per heavy atom. The maximum absolute atomic E-state index is 12.0. The SMILES string of the molecule is CC(=O)Nc1ccc2nc(NC(=O)CCc3ccco3)sc2c1. The van der Waals surface area contributed by atoms with Crippen molar-refractivity contribution >= 4 is 44.2 Å². The number of nitrogens with one attached hydrogen (secondary N) is 2. The molecule has 0 aliphatic rings. The van der Waals surface area contributed by atoms with Gasteiger partial charge in [0.25, 0.3) is 0 Å². The van der Waals surface area contributed by atoms with Crippen LogP contribution in [0.2, 0.25) is 0 Å². The van der Waals surface area contributed by atoms with Crippen molar-refractivity contribution in [1.29, 1.82) is 0 Å². The summed E-state index contributed by atoms with van der Waals surface area (Å²) >= 11 is 1.37. The van der Waals surface area contributed by atoms with Crippen LogP contribution in [0.1, 0.15) is 19.1 Å². The number of rotatable bonds is 5. The standard InChI is InChI=1S/C16H15N3O3S/c1-10(20)17-11-4-6-13-14(9-11)23-16(18-13)19-15(21)7-5-12-3-2-8-22-12/h2-4,6,8-9H,5,7H2,1H3,(H,17,20)(H,18,19,21). The van der Waals surface area contributed by atoms with Crippen LogP contribution >= 0.6 is 11.3 Å². The molecule has 0 spiro atoms. The monoisotopic (exact) mass is 329 g/mol. The van der Waals surface area contributed by atoms with E-state index in [1.807, 2.05) is 18.2 Å². The van der Waals surface area contributed by atoms with Gasteiger partial charge >= 0.3 is 0 Å². The number of thiazole rings is 1. The Hall–Kier alpha value is -2.67. The Balaban J connectivity index is 1.65. The lowest BCUT2D eigenvalue weighted by atomic mass is 10.2. The van der Waals surface area contributed by atoms with Gasteiger partial charge in [0, 0.05) is 25.5 Å². The fraction of sp³-hybridized carbons (Fsp3) is 0.188. The van der Waals surface area contributed by atoms with Gasteiger partial charge in [0.05, 0.1) is 16.5 Å². The Labute approximate surface area is 136 Å². The first-order chi connectivity index (χ1) is 11.1. The van der Waals surface area contributed by atoms with Crippen LogP contribution in [0.4, 0.5) is 10.8 Å². The number of fused-ring (bicyclic) bond motifs is 1. The van der Waals surface area contributed by atoms with Gasteiger partial charge in [-0.1, -0.05) is 11.3 Å². The van der Waals surface area contributed by atoms with Crippen molar-refractivity contribution in [3.8, 4) is 0 Å². The molecule has 23 heavy (non-hydrogen) atoms. The van der Waals surface area contributed by atoms with E-state index in [9.17, 15) is 9.59 Å². The normalized spacial score (nSPS) is 10.7. The minimum atomic E-state index is -0.125. The van der Waals surface area contributed by atoms with Crippen molar-refractivity contribution in [2.75, 3.05) is 10.6 Å². The minimum Gasteiger partial charge on any atom is -0.469 e. The van der Waals surface area contributed by atoms with Crippen LogP contribution in [0.3, 0.4) is 0 Å². The van der Waals surface area contributed by atoms with Crippen LogP contribution in [0, 0.1) is 0 Å². The fourth-order valence-electron chi connectivity index (χ4n) is 2.13. The lowest BCUT2D eigenvalue weighted by molar-refractivity contribution is -0.116. The zero-order chi connectivity index (χ0) is 16.2. The molecule has 3 rings (SSSR count). The van der Waals surface area contributed by atoms with E-state index in [2.05, 4.69) is 15.6 Å². The predicted molar refractivity (Wildman–Crippen MR) is 89.6 cm³/mol. The van der Waals surface area contributed by atoms with Crippen LogP contribution in [-0.2, 0) is 16.0 Å². The molecule has 0 saturated heterocycles. The highest BCUT2D eigenvalue weighted by Gasteiger charge is 2.09. The van der Waals surface area contributed by atoms with Gasteiger partial charge in [-0.25, -0.2) is 4.98 Å². The number of carbonyl (C=O) groups is 2. The molecule has 2 N–H and O–H groups in total. The third kappa shape index (κ3) is 3.95. The van der Waals surface area contributed by atoms with Crippen molar-refractivity contribution in [1.82, 2.24) is 4.98 Å². The van der Waals surface area contributed by atoms with E-state index < -0.39 is 0 Å². The van der Waals surface area contributed by atoms with Crippen molar-refractivity contribution in [3.63, 3.8) is 0 Å². The quantitative estimate of drug-likeness (QED) is 0.751. The van der Waals surface area contributed by atoms with Gasteiger partial charge < -0.3 is 15.1 Å². The molecule has 2 heterocycles. The summed E-state index contributed by atoms with van der Waals surface area (Å²) < 4.78 is 6.10. The van der Waals surface area contributed by atoms with Crippen LogP contribution in [-0.4, -0.2) is 16.8 Å². The predicted octanol–water partition coefficient (Wildman–Crippen LogP) is 3.42. The average Bonchev–Trinajstić information content (AvgIpc) is 3.12. The van der Waals surface area contributed by atoms with Gasteiger partial charge in [-0.3, -0.25) is 9.59 Å². The molecule has 6 nitrogen and oxygen atoms in total. The zero-order valence-corrected chi connectivity index (χ0v) is 13.3. The van der Waals surface area contributed by atoms with Crippen molar-refractivity contribution in [2.45, 2.75) is 19.8 Å². The summed E-state index contributed by atoms with van der Waals surface area (Å²) in [5.41, 5.74) is 1.50. The van der Waals surface area contributed by atoms with Gasteiger partial charge in [-0.2, -0.15) is 0 Å². The first-order valence-electron chi connectivity index (χ1n) is 7.10. The number of aromatic nitrogens is 1. The van der Waals surface area contributed by atoms with E-state index in [-0.39, 0.29) is 11.8 Å². The van der Waals surface area contributed by atoms with E-state index >= 15 is 0 Å². The summed E-state index contributed by atoms with van der Waals surface area (Å²) in [6.45, 7) is 1.46. The van der Waals surface area contributed by atoms with Gasteiger partial charge in [-0.05, 0) is 30.3 Å². The van der Waals surface area contributed by atoms with Gasteiger partial charge in [0.1, 0.15) is 5.76 Å². The van der Waals surface area contributed by atoms with Crippen LogP contribution in [0.25, 0.3) is 10.2 Å². The molecule has 1 aromatic carbocycles. The molecule has 3 aromatic rings. The van der Waals surface area contributed by atoms with Crippen molar-refractivity contribution in [2.24, 2.45) is 0 Å². The Morgan fingerprint density at radius 1 is 1.26 bits per heavy atom. The highest BCUT2D eigenvalue weighted by atomic mass is 32.1. The summed E-state index contributed by atoms with van der Waals surface area (Å²) in [6, 6.07) is 9.08. The minimum absolute atomic E-state index is 0.109. The molecule has 2 amide bonds. The van der Waals surface area contributed by atoms with Crippen LogP contribution in [0.15, 0.2) is 41.0 Å². The number of nitrogens with zero attached hydrogens (tertiary/aromatic N) is 1. The second-order valence-corrected chi connectivity index (χ2v) is 6.04. The number of amides is 2. The molecule has 0 aliphatic carbocycles. The second kappa shape index (κ2) is 6.62. The molecule has 0 radical (unpaired) electrons. The Kier molecular flexibility index (Phi) is 4.38. The molecule has 118 valence electrons. The summed E-state index contributed by atoms with van der Waals surface area (Å²) in [5, 5.41) is 6.06. The van der Waals surface area contributed by atoms with Gasteiger partial charge in [0.2, 0.25) is 11.8 Å². The zero-order valence-electron chi connectivity index (χ0n) is 12.5. The van der Waals surface area contributed by atoms with E-state index in [4.69, 9.17) is 4.42 Å². The number of anilines is 2. The molecule has 0 fully saturated rings. The second-order valence-electron chi connectivity index (χ2n) is 5.01. The number of benzene rings is 1. The smallest absolute Gasteiger partial charge is 0.226 e. The van der Waals surface area contributed by atoms with Crippen LogP contribution < -0.4 is 10.6 Å². The van der Waals surface area contributed by atoms with E-state index in [1.54, 1.807) is 18.4 Å². The summed E-state index contributed by atoms with van der Waals surface area (Å²) in [7, 11) is 0. The Morgan fingerprint density at radius 3 is 2.87 bits per heavy atom. The van der Waals surface area contributed by atoms with E-state index in [1.165, 1.54) is 18.3 Å². The first-order valence-corrected chi connectivity index (χ1v) is 7.92. The van der Waals surface area contributed by atoms with Crippen LogP contribution in [0.5, 0.6) is 0 Å². The highest BCUT2D eigenvalue weighted by Crippen LogP contribution is 2.28.